The summed E-state index contributed by atoms with van der Waals surface area (Å²) in [6.07, 6.45) is 10.9. The summed E-state index contributed by atoms with van der Waals surface area (Å²) in [5.41, 5.74) is 6.84. The van der Waals surface area contributed by atoms with Crippen LogP contribution in [0.15, 0.2) is 12.1 Å². The third-order valence-corrected chi connectivity index (χ3v) is 6.30. The number of rotatable bonds is 6. The summed E-state index contributed by atoms with van der Waals surface area (Å²) < 4.78 is 0. The van der Waals surface area contributed by atoms with Crippen LogP contribution in [0.2, 0.25) is 0 Å². The molecule has 0 nitrogen and oxygen atoms in total. The average molecular weight is 343 g/mol. The normalized spacial score (nSPS) is 17.9. The van der Waals surface area contributed by atoms with E-state index in [2.05, 4.69) is 60.6 Å². The van der Waals surface area contributed by atoms with Crippen molar-refractivity contribution in [1.82, 2.24) is 0 Å². The van der Waals surface area contributed by atoms with E-state index >= 15 is 0 Å². The summed E-state index contributed by atoms with van der Waals surface area (Å²) >= 11 is 0. The zero-order valence-electron chi connectivity index (χ0n) is 18.0. The van der Waals surface area contributed by atoms with Gasteiger partial charge in [-0.2, -0.15) is 0 Å². The van der Waals surface area contributed by atoms with Gasteiger partial charge in [0, 0.05) is 0 Å². The molecule has 0 heterocycles. The van der Waals surface area contributed by atoms with Crippen molar-refractivity contribution in [2.45, 2.75) is 123 Å². The molecule has 1 unspecified atom stereocenters. The first kappa shape index (κ1) is 20.5. The van der Waals surface area contributed by atoms with Crippen molar-refractivity contribution in [3.63, 3.8) is 0 Å². The number of hydrogen-bond acceptors (Lipinski definition) is 0. The summed E-state index contributed by atoms with van der Waals surface area (Å²) in [7, 11) is 0. The molecule has 142 valence electrons. The topological polar surface area (TPSA) is 0 Å². The molecular formula is C25H42. The van der Waals surface area contributed by atoms with Crippen molar-refractivity contribution in [3.05, 3.63) is 34.4 Å². The first-order chi connectivity index (χ1) is 11.8. The van der Waals surface area contributed by atoms with Gasteiger partial charge in [-0.05, 0) is 71.1 Å². The maximum Gasteiger partial charge on any atom is -0.0129 e. The van der Waals surface area contributed by atoms with E-state index in [1.54, 1.807) is 22.3 Å². The highest BCUT2D eigenvalue weighted by Gasteiger charge is 2.27. The number of benzene rings is 1. The molecule has 1 aliphatic carbocycles. The fourth-order valence-corrected chi connectivity index (χ4v) is 4.83. The Labute approximate surface area is 157 Å². The van der Waals surface area contributed by atoms with Crippen molar-refractivity contribution in [2.24, 2.45) is 0 Å². The van der Waals surface area contributed by atoms with Crippen molar-refractivity contribution in [1.29, 1.82) is 0 Å². The first-order valence-electron chi connectivity index (χ1n) is 11.0. The molecule has 0 aromatic heterocycles. The molecule has 25 heavy (non-hydrogen) atoms. The molecule has 1 aromatic carbocycles. The van der Waals surface area contributed by atoms with Gasteiger partial charge in [-0.3, -0.25) is 0 Å². The second kappa shape index (κ2) is 8.74. The van der Waals surface area contributed by atoms with Gasteiger partial charge in [-0.25, -0.2) is 0 Å². The second-order valence-corrected chi connectivity index (χ2v) is 9.70. The number of hydrogen-bond donors (Lipinski definition) is 0. The van der Waals surface area contributed by atoms with E-state index in [4.69, 9.17) is 0 Å². The fourth-order valence-electron chi connectivity index (χ4n) is 4.83. The summed E-state index contributed by atoms with van der Waals surface area (Å²) in [5.74, 6) is 2.15. The highest BCUT2D eigenvalue weighted by Crippen LogP contribution is 2.43. The highest BCUT2D eigenvalue weighted by molar-refractivity contribution is 5.46. The Balaban J connectivity index is 2.61. The minimum atomic E-state index is 0.232. The van der Waals surface area contributed by atoms with E-state index in [9.17, 15) is 0 Å². The highest BCUT2D eigenvalue weighted by atomic mass is 14.3. The molecule has 0 amide bonds. The van der Waals surface area contributed by atoms with Crippen LogP contribution in [0.4, 0.5) is 0 Å². The van der Waals surface area contributed by atoms with E-state index < -0.39 is 0 Å². The van der Waals surface area contributed by atoms with Gasteiger partial charge >= 0.3 is 0 Å². The third kappa shape index (κ3) is 4.89. The van der Waals surface area contributed by atoms with Crippen LogP contribution in [0, 0.1) is 0 Å². The molecular weight excluding hydrogens is 300 g/mol. The molecule has 1 atom stereocenters. The Morgan fingerprint density at radius 2 is 1.60 bits per heavy atom. The van der Waals surface area contributed by atoms with Gasteiger partial charge in [0.2, 0.25) is 0 Å². The molecule has 0 heteroatoms. The molecule has 0 radical (unpaired) electrons. The van der Waals surface area contributed by atoms with E-state index in [-0.39, 0.29) is 5.41 Å². The molecule has 1 aliphatic rings. The molecule has 0 saturated heterocycles. The quantitative estimate of drug-likeness (QED) is 0.486. The predicted molar refractivity (Wildman–Crippen MR) is 113 cm³/mol. The van der Waals surface area contributed by atoms with Crippen molar-refractivity contribution in [2.75, 3.05) is 0 Å². The van der Waals surface area contributed by atoms with Gasteiger partial charge in [0.15, 0.2) is 0 Å². The van der Waals surface area contributed by atoms with E-state index in [1.165, 1.54) is 51.4 Å². The van der Waals surface area contributed by atoms with Crippen LogP contribution in [0.3, 0.4) is 0 Å². The Kier molecular flexibility index (Phi) is 7.18. The largest absolute Gasteiger partial charge is 0.0654 e. The van der Waals surface area contributed by atoms with Crippen LogP contribution < -0.4 is 0 Å². The molecule has 1 aromatic rings. The van der Waals surface area contributed by atoms with E-state index in [0.29, 0.717) is 5.92 Å². The molecule has 1 saturated carbocycles. The molecule has 0 N–H and O–H groups in total. The van der Waals surface area contributed by atoms with Crippen LogP contribution >= 0.6 is 0 Å². The minimum Gasteiger partial charge on any atom is -0.0654 e. The Bertz CT molecular complexity index is 538. The van der Waals surface area contributed by atoms with Crippen LogP contribution in [-0.4, -0.2) is 0 Å². The van der Waals surface area contributed by atoms with E-state index in [1.807, 2.05) is 0 Å². The minimum absolute atomic E-state index is 0.232. The van der Waals surface area contributed by atoms with Gasteiger partial charge in [-0.1, -0.05) is 86.3 Å². The Hall–Kier alpha value is -0.780. The third-order valence-electron chi connectivity index (χ3n) is 6.30. The van der Waals surface area contributed by atoms with Gasteiger partial charge < -0.3 is 0 Å². The van der Waals surface area contributed by atoms with Crippen LogP contribution in [0.5, 0.6) is 0 Å². The second-order valence-electron chi connectivity index (χ2n) is 9.70. The van der Waals surface area contributed by atoms with Gasteiger partial charge in [-0.15, -0.1) is 0 Å². The predicted octanol–water partition coefficient (Wildman–Crippen LogP) is 8.45. The Morgan fingerprint density at radius 3 is 2.08 bits per heavy atom. The first-order valence-corrected chi connectivity index (χ1v) is 11.0. The zero-order chi connectivity index (χ0) is 18.6. The van der Waals surface area contributed by atoms with E-state index in [0.717, 1.165) is 11.8 Å². The Morgan fingerprint density at radius 1 is 0.960 bits per heavy atom. The molecule has 1 fully saturated rings. The lowest BCUT2D eigenvalue weighted by molar-refractivity contribution is 0.438. The average Bonchev–Trinajstić information content (AvgIpc) is 2.58. The van der Waals surface area contributed by atoms with Gasteiger partial charge in [0.1, 0.15) is 0 Å². The summed E-state index contributed by atoms with van der Waals surface area (Å²) in [6, 6.07) is 5.29. The molecule has 0 spiro atoms. The van der Waals surface area contributed by atoms with Crippen molar-refractivity contribution in [3.8, 4) is 0 Å². The molecule has 0 bridgehead atoms. The summed E-state index contributed by atoms with van der Waals surface area (Å²) in [6.45, 7) is 16.7. The zero-order valence-corrected chi connectivity index (χ0v) is 18.0. The summed E-state index contributed by atoms with van der Waals surface area (Å²) in [5, 5.41) is 0. The van der Waals surface area contributed by atoms with Gasteiger partial charge in [0.05, 0.1) is 0 Å². The SMILES string of the molecule is CCCC(CC)c1cc(C(C)C)c(C2CCCCC2)cc1C(C)(C)C. The van der Waals surface area contributed by atoms with Crippen molar-refractivity contribution < 1.29 is 0 Å². The lowest BCUT2D eigenvalue weighted by atomic mass is 9.72. The van der Waals surface area contributed by atoms with Crippen LogP contribution in [-0.2, 0) is 5.41 Å². The van der Waals surface area contributed by atoms with Crippen LogP contribution in [0.1, 0.15) is 140 Å². The monoisotopic (exact) mass is 342 g/mol. The summed E-state index contributed by atoms with van der Waals surface area (Å²) in [4.78, 5) is 0. The molecule has 2 rings (SSSR count). The maximum absolute atomic E-state index is 2.65. The smallest absolute Gasteiger partial charge is 0.0129 e. The van der Waals surface area contributed by atoms with Crippen LogP contribution in [0.25, 0.3) is 0 Å². The van der Waals surface area contributed by atoms with Gasteiger partial charge in [0.25, 0.3) is 0 Å². The molecule has 0 aliphatic heterocycles. The fraction of sp³-hybridized carbons (Fsp3) is 0.760. The maximum atomic E-state index is 2.65. The lowest BCUT2D eigenvalue weighted by Crippen LogP contribution is -2.19. The lowest BCUT2D eigenvalue weighted by Gasteiger charge is -2.33. The standard InChI is InChI=1S/C25H42/c1-8-13-19(9-2)23-16-21(18(3)4)22(17-24(23)25(5,6)7)20-14-11-10-12-15-20/h16-20H,8-15H2,1-7H3. The van der Waals surface area contributed by atoms with Crippen molar-refractivity contribution >= 4 is 0 Å².